The van der Waals surface area contributed by atoms with Crippen molar-refractivity contribution in [1.29, 1.82) is 0 Å². The Bertz CT molecular complexity index is 644. The topological polar surface area (TPSA) is 44.1 Å². The van der Waals surface area contributed by atoms with Crippen molar-refractivity contribution >= 4 is 5.78 Å². The minimum absolute atomic E-state index is 0.0476. The molecule has 0 aliphatic heterocycles. The number of nitrogens with zero attached hydrogens (tertiary/aromatic N) is 2. The summed E-state index contributed by atoms with van der Waals surface area (Å²) in [6, 6.07) is 7.64. The van der Waals surface area contributed by atoms with Crippen LogP contribution >= 0.6 is 0 Å². The monoisotopic (exact) mass is 256 g/mol. The molecule has 3 rings (SSSR count). The van der Waals surface area contributed by atoms with Crippen LogP contribution < -0.4 is 4.74 Å². The van der Waals surface area contributed by atoms with Gasteiger partial charge in [0.25, 0.3) is 0 Å². The van der Waals surface area contributed by atoms with E-state index < -0.39 is 0 Å². The molecule has 4 nitrogen and oxygen atoms in total. The molecule has 1 aromatic heterocycles. The molecule has 0 radical (unpaired) electrons. The third kappa shape index (κ3) is 2.03. The Labute approximate surface area is 112 Å². The Hall–Kier alpha value is -2.10. The summed E-state index contributed by atoms with van der Waals surface area (Å²) >= 11 is 0. The summed E-state index contributed by atoms with van der Waals surface area (Å²) in [5.74, 6) is 0.540. The lowest BCUT2D eigenvalue weighted by molar-refractivity contribution is 0.103. The number of ketones is 1. The zero-order valence-corrected chi connectivity index (χ0v) is 11.1. The van der Waals surface area contributed by atoms with E-state index in [4.69, 9.17) is 4.74 Å². The first kappa shape index (κ1) is 12.0. The van der Waals surface area contributed by atoms with Crippen molar-refractivity contribution < 1.29 is 9.53 Å². The smallest absolute Gasteiger partial charge is 0.213 e. The van der Waals surface area contributed by atoms with Gasteiger partial charge in [-0.15, -0.1) is 0 Å². The van der Waals surface area contributed by atoms with Gasteiger partial charge in [0.1, 0.15) is 5.69 Å². The Morgan fingerprint density at radius 3 is 2.79 bits per heavy atom. The van der Waals surface area contributed by atoms with Gasteiger partial charge in [0, 0.05) is 18.7 Å². The van der Waals surface area contributed by atoms with Crippen molar-refractivity contribution in [2.75, 3.05) is 7.11 Å². The predicted molar refractivity (Wildman–Crippen MR) is 71.7 cm³/mol. The van der Waals surface area contributed by atoms with Crippen LogP contribution in [0, 0.1) is 0 Å². The van der Waals surface area contributed by atoms with Gasteiger partial charge in [-0.05, 0) is 36.5 Å². The number of ether oxygens (including phenoxy) is 1. The maximum Gasteiger partial charge on any atom is 0.213 e. The van der Waals surface area contributed by atoms with E-state index in [9.17, 15) is 4.79 Å². The number of benzene rings is 1. The molecule has 0 N–H and O–H groups in total. The second-order valence-electron chi connectivity index (χ2n) is 4.86. The van der Waals surface area contributed by atoms with Crippen molar-refractivity contribution in [3.05, 3.63) is 46.6 Å². The fourth-order valence-corrected chi connectivity index (χ4v) is 2.61. The summed E-state index contributed by atoms with van der Waals surface area (Å²) in [6.07, 6.45) is 3.38. The first-order valence-electron chi connectivity index (χ1n) is 6.43. The van der Waals surface area contributed by atoms with Gasteiger partial charge in [-0.1, -0.05) is 12.1 Å². The zero-order valence-electron chi connectivity index (χ0n) is 11.1. The maximum absolute atomic E-state index is 12.4. The van der Waals surface area contributed by atoms with Gasteiger partial charge < -0.3 is 4.74 Å². The summed E-state index contributed by atoms with van der Waals surface area (Å²) in [5, 5.41) is 4.19. The Morgan fingerprint density at radius 1 is 1.26 bits per heavy atom. The number of carbonyl (C=O) groups excluding carboxylic acids is 1. The number of rotatable bonds is 3. The summed E-state index contributed by atoms with van der Waals surface area (Å²) in [6.45, 7) is 0. The molecule has 0 unspecified atom stereocenters. The van der Waals surface area contributed by atoms with E-state index in [1.807, 2.05) is 12.1 Å². The second-order valence-corrected chi connectivity index (χ2v) is 4.86. The van der Waals surface area contributed by atoms with E-state index in [0.29, 0.717) is 17.1 Å². The number of methoxy groups -OCH3 is 1. The number of fused-ring (bicyclic) bond motifs is 1. The quantitative estimate of drug-likeness (QED) is 0.790. The van der Waals surface area contributed by atoms with Crippen LogP contribution in [-0.2, 0) is 19.9 Å². The molecule has 0 fully saturated rings. The van der Waals surface area contributed by atoms with Gasteiger partial charge in [-0.2, -0.15) is 5.10 Å². The highest BCUT2D eigenvalue weighted by Crippen LogP contribution is 2.24. The lowest BCUT2D eigenvalue weighted by Crippen LogP contribution is -2.04. The molecule has 4 heteroatoms. The molecule has 98 valence electrons. The highest BCUT2D eigenvalue weighted by Gasteiger charge is 2.18. The molecule has 1 heterocycles. The number of aryl methyl sites for hydroxylation is 3. The summed E-state index contributed by atoms with van der Waals surface area (Å²) in [7, 11) is 3.33. The highest BCUT2D eigenvalue weighted by atomic mass is 16.5. The summed E-state index contributed by atoms with van der Waals surface area (Å²) < 4.78 is 6.70. The molecule has 1 aliphatic rings. The standard InChI is InChI=1S/C15H16N2O2/c1-17-14(19-2)9-13(16-17)15(18)12-7-6-10-4-3-5-11(10)8-12/h6-9H,3-5H2,1-2H3. The van der Waals surface area contributed by atoms with Crippen LogP contribution in [0.3, 0.4) is 0 Å². The zero-order chi connectivity index (χ0) is 13.4. The molecule has 0 saturated carbocycles. The van der Waals surface area contributed by atoms with Gasteiger partial charge in [-0.25, -0.2) is 4.68 Å². The average molecular weight is 256 g/mol. The minimum Gasteiger partial charge on any atom is -0.481 e. The Kier molecular flexibility index (Phi) is 2.85. The number of hydrogen-bond donors (Lipinski definition) is 0. The van der Waals surface area contributed by atoms with E-state index >= 15 is 0 Å². The van der Waals surface area contributed by atoms with Crippen LogP contribution in [0.4, 0.5) is 0 Å². The molecule has 2 aromatic rings. The van der Waals surface area contributed by atoms with Crippen LogP contribution in [-0.4, -0.2) is 22.7 Å². The lowest BCUT2D eigenvalue weighted by atomic mass is 10.0. The van der Waals surface area contributed by atoms with Gasteiger partial charge in [-0.3, -0.25) is 4.79 Å². The van der Waals surface area contributed by atoms with E-state index in [1.165, 1.54) is 17.5 Å². The van der Waals surface area contributed by atoms with Crippen molar-refractivity contribution in [2.45, 2.75) is 19.3 Å². The maximum atomic E-state index is 12.4. The van der Waals surface area contributed by atoms with Gasteiger partial charge >= 0.3 is 0 Å². The fourth-order valence-electron chi connectivity index (χ4n) is 2.61. The number of aromatic nitrogens is 2. The predicted octanol–water partition coefficient (Wildman–Crippen LogP) is 2.15. The molecule has 0 amide bonds. The van der Waals surface area contributed by atoms with Crippen LogP contribution in [0.15, 0.2) is 24.3 Å². The number of carbonyl (C=O) groups is 1. The Balaban J connectivity index is 1.95. The van der Waals surface area contributed by atoms with Crippen molar-refractivity contribution in [3.63, 3.8) is 0 Å². The van der Waals surface area contributed by atoms with Crippen molar-refractivity contribution in [2.24, 2.45) is 7.05 Å². The molecular weight excluding hydrogens is 240 g/mol. The van der Waals surface area contributed by atoms with E-state index in [0.717, 1.165) is 12.8 Å². The SMILES string of the molecule is COc1cc(C(=O)c2ccc3c(c2)CCC3)nn1C. The molecule has 0 atom stereocenters. The summed E-state index contributed by atoms with van der Waals surface area (Å²) in [5.41, 5.74) is 3.81. The van der Waals surface area contributed by atoms with Crippen molar-refractivity contribution in [3.8, 4) is 5.88 Å². The normalized spacial score (nSPS) is 13.4. The first-order chi connectivity index (χ1) is 9.19. The average Bonchev–Trinajstić information content (AvgIpc) is 3.02. The van der Waals surface area contributed by atoms with Crippen LogP contribution in [0.1, 0.15) is 33.6 Å². The molecular formula is C15H16N2O2. The Morgan fingerprint density at radius 2 is 2.05 bits per heavy atom. The fraction of sp³-hybridized carbons (Fsp3) is 0.333. The number of hydrogen-bond acceptors (Lipinski definition) is 3. The largest absolute Gasteiger partial charge is 0.481 e. The minimum atomic E-state index is -0.0476. The lowest BCUT2D eigenvalue weighted by Gasteiger charge is -2.02. The van der Waals surface area contributed by atoms with Crippen LogP contribution in [0.2, 0.25) is 0 Å². The summed E-state index contributed by atoms with van der Waals surface area (Å²) in [4.78, 5) is 12.4. The van der Waals surface area contributed by atoms with E-state index in [2.05, 4.69) is 11.2 Å². The molecule has 1 aromatic carbocycles. The molecule has 0 spiro atoms. The molecule has 1 aliphatic carbocycles. The van der Waals surface area contributed by atoms with Crippen molar-refractivity contribution in [1.82, 2.24) is 9.78 Å². The highest BCUT2D eigenvalue weighted by molar-refractivity contribution is 6.08. The second kappa shape index (κ2) is 4.53. The van der Waals surface area contributed by atoms with E-state index in [-0.39, 0.29) is 5.78 Å². The molecule has 0 bridgehead atoms. The van der Waals surface area contributed by atoms with Crippen LogP contribution in [0.5, 0.6) is 5.88 Å². The van der Waals surface area contributed by atoms with Gasteiger partial charge in [0.2, 0.25) is 11.7 Å². The molecule has 0 saturated heterocycles. The first-order valence-corrected chi connectivity index (χ1v) is 6.43. The third-order valence-electron chi connectivity index (χ3n) is 3.64. The molecule has 19 heavy (non-hydrogen) atoms. The third-order valence-corrected chi connectivity index (χ3v) is 3.64. The van der Waals surface area contributed by atoms with Gasteiger partial charge in [0.05, 0.1) is 7.11 Å². The van der Waals surface area contributed by atoms with E-state index in [1.54, 1.807) is 24.9 Å². The van der Waals surface area contributed by atoms with Gasteiger partial charge in [0.15, 0.2) is 0 Å². The van der Waals surface area contributed by atoms with Crippen LogP contribution in [0.25, 0.3) is 0 Å².